The van der Waals surface area contributed by atoms with Gasteiger partial charge in [-0.25, -0.2) is 0 Å². The fourth-order valence-corrected chi connectivity index (χ4v) is 4.62. The van der Waals surface area contributed by atoms with E-state index in [1.807, 2.05) is 19.1 Å². The Labute approximate surface area is 172 Å². The summed E-state index contributed by atoms with van der Waals surface area (Å²) < 4.78 is 8.69. The van der Waals surface area contributed by atoms with Crippen LogP contribution >= 0.6 is 11.6 Å². The second kappa shape index (κ2) is 7.44. The van der Waals surface area contributed by atoms with Crippen molar-refractivity contribution in [3.05, 3.63) is 46.2 Å². The molecule has 3 nitrogen and oxygen atoms in total. The molecule has 4 rings (SSSR count). The Morgan fingerprint density at radius 2 is 1.86 bits per heavy atom. The normalized spacial score (nSPS) is 15.2. The van der Waals surface area contributed by atoms with Crippen molar-refractivity contribution >= 4 is 22.6 Å². The molecular weight excluding hydrogens is 368 g/mol. The van der Waals surface area contributed by atoms with Crippen molar-refractivity contribution in [1.82, 2.24) is 9.55 Å². The van der Waals surface area contributed by atoms with Gasteiger partial charge in [-0.05, 0) is 68.4 Å². The van der Waals surface area contributed by atoms with E-state index in [1.54, 1.807) is 0 Å². The van der Waals surface area contributed by atoms with E-state index in [-0.39, 0.29) is 6.10 Å². The summed E-state index contributed by atoms with van der Waals surface area (Å²) in [4.78, 5) is 4.91. The zero-order chi connectivity index (χ0) is 20.0. The van der Waals surface area contributed by atoms with Gasteiger partial charge < -0.3 is 9.30 Å². The first-order valence-electron chi connectivity index (χ1n) is 10.3. The van der Waals surface area contributed by atoms with E-state index in [9.17, 15) is 0 Å². The van der Waals surface area contributed by atoms with Crippen molar-refractivity contribution in [2.45, 2.75) is 59.5 Å². The first kappa shape index (κ1) is 19.3. The summed E-state index contributed by atoms with van der Waals surface area (Å²) in [6.07, 6.45) is 7.35. The Kier molecular flexibility index (Phi) is 5.13. The molecule has 0 saturated heterocycles. The molecule has 0 spiro atoms. The lowest BCUT2D eigenvalue weighted by atomic mass is 9.97. The number of aromatic nitrogens is 2. The number of benzene rings is 1. The lowest BCUT2D eigenvalue weighted by Crippen LogP contribution is -2.16. The molecule has 28 heavy (non-hydrogen) atoms. The molecule has 0 N–H and O–H groups in total. The summed E-state index contributed by atoms with van der Waals surface area (Å²) in [6.45, 7) is 8.49. The van der Waals surface area contributed by atoms with Crippen molar-refractivity contribution in [1.29, 1.82) is 0 Å². The summed E-state index contributed by atoms with van der Waals surface area (Å²) in [5.41, 5.74) is 7.76. The lowest BCUT2D eigenvalue weighted by molar-refractivity contribution is 0.181. The second-order valence-corrected chi connectivity index (χ2v) is 8.79. The van der Waals surface area contributed by atoms with Gasteiger partial charge in [-0.3, -0.25) is 4.98 Å². The molecular formula is C24H29ClN2O. The fourth-order valence-electron chi connectivity index (χ4n) is 4.30. The van der Waals surface area contributed by atoms with Crippen LogP contribution in [0.15, 0.2) is 24.4 Å². The molecule has 2 heterocycles. The predicted octanol–water partition coefficient (Wildman–Crippen LogP) is 6.78. The van der Waals surface area contributed by atoms with Crippen LogP contribution in [0.3, 0.4) is 0 Å². The molecule has 0 bridgehead atoms. The highest BCUT2D eigenvalue weighted by Crippen LogP contribution is 2.40. The number of pyridine rings is 1. The van der Waals surface area contributed by atoms with Crippen LogP contribution in [-0.2, 0) is 7.05 Å². The Morgan fingerprint density at radius 1 is 1.18 bits per heavy atom. The molecule has 0 aliphatic heterocycles. The third-order valence-corrected chi connectivity index (χ3v) is 6.04. The molecule has 1 saturated carbocycles. The van der Waals surface area contributed by atoms with Crippen LogP contribution in [0, 0.1) is 26.7 Å². The summed E-state index contributed by atoms with van der Waals surface area (Å²) in [6, 6.07) is 6.14. The minimum Gasteiger partial charge on any atom is -0.488 e. The van der Waals surface area contributed by atoms with Gasteiger partial charge in [0.05, 0.1) is 6.10 Å². The number of aryl methyl sites for hydroxylation is 4. The van der Waals surface area contributed by atoms with Gasteiger partial charge in [0.1, 0.15) is 16.8 Å². The van der Waals surface area contributed by atoms with E-state index < -0.39 is 0 Å². The second-order valence-electron chi connectivity index (χ2n) is 8.35. The molecule has 0 amide bonds. The Hall–Kier alpha value is -2.00. The van der Waals surface area contributed by atoms with Crippen LogP contribution in [0.5, 0.6) is 5.75 Å². The smallest absolute Gasteiger partial charge is 0.147 e. The number of nitrogens with zero attached hydrogens (tertiary/aromatic N) is 2. The monoisotopic (exact) mass is 396 g/mol. The van der Waals surface area contributed by atoms with Crippen LogP contribution in [0.2, 0.25) is 5.02 Å². The van der Waals surface area contributed by atoms with Crippen LogP contribution in [0.1, 0.15) is 49.4 Å². The van der Waals surface area contributed by atoms with Crippen LogP contribution in [0.4, 0.5) is 0 Å². The van der Waals surface area contributed by atoms with Crippen molar-refractivity contribution in [2.75, 3.05) is 0 Å². The Balaban J connectivity index is 1.84. The standard InChI is InChI=1S/C24H29ClN2O/c1-6-19(12-17-7-8-17)28-21-11-16(4)26-23-20(13-27(5)24(21)23)22-14(2)9-18(25)10-15(22)3/h9-11,13,17,19H,6-8,12H2,1-5H3. The molecule has 1 aliphatic rings. The number of ether oxygens (including phenoxy) is 1. The number of rotatable bonds is 6. The molecule has 3 aromatic rings. The van der Waals surface area contributed by atoms with Crippen LogP contribution in [0.25, 0.3) is 22.2 Å². The van der Waals surface area contributed by atoms with Crippen molar-refractivity contribution in [3.8, 4) is 16.9 Å². The third kappa shape index (κ3) is 3.65. The zero-order valence-corrected chi connectivity index (χ0v) is 18.2. The Bertz CT molecular complexity index is 1010. The van der Waals surface area contributed by atoms with E-state index in [2.05, 4.69) is 44.6 Å². The van der Waals surface area contributed by atoms with Gasteiger partial charge in [0.25, 0.3) is 0 Å². The van der Waals surface area contributed by atoms with E-state index in [0.29, 0.717) is 0 Å². The maximum absolute atomic E-state index is 6.54. The molecule has 1 aliphatic carbocycles. The summed E-state index contributed by atoms with van der Waals surface area (Å²) in [5, 5.41) is 0.776. The number of hydrogen-bond donors (Lipinski definition) is 0. The zero-order valence-electron chi connectivity index (χ0n) is 17.5. The minimum absolute atomic E-state index is 0.273. The highest BCUT2D eigenvalue weighted by molar-refractivity contribution is 6.30. The van der Waals surface area contributed by atoms with Gasteiger partial charge >= 0.3 is 0 Å². The van der Waals surface area contributed by atoms with E-state index >= 15 is 0 Å². The molecule has 1 unspecified atom stereocenters. The molecule has 1 atom stereocenters. The predicted molar refractivity (Wildman–Crippen MR) is 117 cm³/mol. The van der Waals surface area contributed by atoms with Gasteiger partial charge in [-0.15, -0.1) is 0 Å². The van der Waals surface area contributed by atoms with Crippen molar-refractivity contribution in [3.63, 3.8) is 0 Å². The minimum atomic E-state index is 0.273. The fraction of sp³-hybridized carbons (Fsp3) is 0.458. The summed E-state index contributed by atoms with van der Waals surface area (Å²) >= 11 is 6.26. The van der Waals surface area contributed by atoms with Crippen LogP contribution < -0.4 is 4.74 Å². The van der Waals surface area contributed by atoms with Crippen LogP contribution in [-0.4, -0.2) is 15.7 Å². The number of hydrogen-bond acceptors (Lipinski definition) is 2. The molecule has 148 valence electrons. The maximum Gasteiger partial charge on any atom is 0.147 e. The van der Waals surface area contributed by atoms with Crippen molar-refractivity contribution in [2.24, 2.45) is 13.0 Å². The largest absolute Gasteiger partial charge is 0.488 e. The molecule has 2 aromatic heterocycles. The van der Waals surface area contributed by atoms with E-state index in [1.165, 1.54) is 29.5 Å². The topological polar surface area (TPSA) is 27.1 Å². The average molecular weight is 397 g/mol. The van der Waals surface area contributed by atoms with Gasteiger partial charge in [0.15, 0.2) is 0 Å². The summed E-state index contributed by atoms with van der Waals surface area (Å²) in [7, 11) is 2.08. The summed E-state index contributed by atoms with van der Waals surface area (Å²) in [5.74, 6) is 1.81. The first-order chi connectivity index (χ1) is 13.4. The molecule has 4 heteroatoms. The van der Waals surface area contributed by atoms with Gasteiger partial charge in [0, 0.05) is 35.6 Å². The third-order valence-electron chi connectivity index (χ3n) is 5.83. The first-order valence-corrected chi connectivity index (χ1v) is 10.7. The number of halogens is 1. The quantitative estimate of drug-likeness (QED) is 0.459. The maximum atomic E-state index is 6.54. The lowest BCUT2D eigenvalue weighted by Gasteiger charge is -2.19. The molecule has 0 radical (unpaired) electrons. The highest BCUT2D eigenvalue weighted by Gasteiger charge is 2.27. The van der Waals surface area contributed by atoms with E-state index in [0.717, 1.165) is 51.8 Å². The van der Waals surface area contributed by atoms with E-state index in [4.69, 9.17) is 21.3 Å². The van der Waals surface area contributed by atoms with Crippen molar-refractivity contribution < 1.29 is 4.74 Å². The van der Waals surface area contributed by atoms with Gasteiger partial charge in [-0.1, -0.05) is 31.4 Å². The average Bonchev–Trinajstić information content (AvgIpc) is 3.37. The van der Waals surface area contributed by atoms with Gasteiger partial charge in [-0.2, -0.15) is 0 Å². The Morgan fingerprint density at radius 3 is 2.46 bits per heavy atom. The SMILES string of the molecule is CCC(CC1CC1)Oc1cc(C)nc2c(-c3c(C)cc(Cl)cc3C)cn(C)c12. The molecule has 1 aromatic carbocycles. The number of fused-ring (bicyclic) bond motifs is 1. The molecule has 1 fully saturated rings. The highest BCUT2D eigenvalue weighted by atomic mass is 35.5. The van der Waals surface area contributed by atoms with Gasteiger partial charge in [0.2, 0.25) is 0 Å².